The number of hydrogen-bond donors (Lipinski definition) is 1. The lowest BCUT2D eigenvalue weighted by Crippen LogP contribution is -1.99. The molecule has 0 atom stereocenters. The van der Waals surface area contributed by atoms with Crippen molar-refractivity contribution in [2.45, 2.75) is 0 Å². The maximum absolute atomic E-state index is 11.0. The molecule has 0 spiro atoms. The summed E-state index contributed by atoms with van der Waals surface area (Å²) < 4.78 is 0. The third-order valence-electron chi connectivity index (χ3n) is 2.55. The van der Waals surface area contributed by atoms with Crippen molar-refractivity contribution in [3.8, 4) is 0 Å². The van der Waals surface area contributed by atoms with Crippen LogP contribution in [-0.4, -0.2) is 9.91 Å². The zero-order valence-electron chi connectivity index (χ0n) is 9.54. The number of hydrogen-bond acceptors (Lipinski definition) is 4. The normalized spacial score (nSPS) is 10.0. The van der Waals surface area contributed by atoms with Gasteiger partial charge in [0, 0.05) is 0 Å². The molecule has 0 unspecified atom stereocenters. The van der Waals surface area contributed by atoms with E-state index < -0.39 is 4.92 Å². The number of nitro groups is 1. The first-order chi connectivity index (χ1) is 8.59. The number of benzene rings is 1. The second kappa shape index (κ2) is 4.67. The fourth-order valence-electron chi connectivity index (χ4n) is 1.65. The average Bonchev–Trinajstić information content (AvgIpc) is 2.38. The molecule has 5 nitrogen and oxygen atoms in total. The highest BCUT2D eigenvalue weighted by atomic mass is 16.6. The van der Waals surface area contributed by atoms with Gasteiger partial charge < -0.3 is 5.73 Å². The van der Waals surface area contributed by atoms with Crippen LogP contribution in [0.4, 0.5) is 11.5 Å². The molecule has 1 aromatic heterocycles. The molecule has 0 saturated carbocycles. The van der Waals surface area contributed by atoms with Crippen LogP contribution in [-0.2, 0) is 0 Å². The maximum Gasteiger partial charge on any atom is 0.295 e. The third-order valence-corrected chi connectivity index (χ3v) is 2.55. The van der Waals surface area contributed by atoms with Crippen LogP contribution in [0.2, 0.25) is 0 Å². The summed E-state index contributed by atoms with van der Waals surface area (Å²) in [5.74, 6) is 0.229. The molecule has 2 rings (SSSR count). The van der Waals surface area contributed by atoms with Gasteiger partial charge in [0.15, 0.2) is 0 Å². The molecule has 0 fully saturated rings. The second-order valence-electron chi connectivity index (χ2n) is 3.73. The Morgan fingerprint density at radius 2 is 2.00 bits per heavy atom. The summed E-state index contributed by atoms with van der Waals surface area (Å²) in [6, 6.07) is 10.7. The van der Waals surface area contributed by atoms with E-state index in [-0.39, 0.29) is 11.5 Å². The number of anilines is 1. The van der Waals surface area contributed by atoms with Gasteiger partial charge in [0.2, 0.25) is 0 Å². The SMILES string of the molecule is C=C(c1ccccc1)c1cc(N)ncc1[N+](=O)[O-]. The quantitative estimate of drug-likeness (QED) is 0.661. The number of nitrogens with two attached hydrogens (primary N) is 1. The van der Waals surface area contributed by atoms with Gasteiger partial charge in [-0.1, -0.05) is 36.9 Å². The fraction of sp³-hybridized carbons (Fsp3) is 0. The molecule has 2 N–H and O–H groups in total. The highest BCUT2D eigenvalue weighted by Gasteiger charge is 2.17. The van der Waals surface area contributed by atoms with Crippen molar-refractivity contribution in [3.05, 3.63) is 70.4 Å². The van der Waals surface area contributed by atoms with Crippen LogP contribution in [0.1, 0.15) is 11.1 Å². The lowest BCUT2D eigenvalue weighted by Gasteiger charge is -2.07. The van der Waals surface area contributed by atoms with Gasteiger partial charge in [-0.05, 0) is 17.2 Å². The number of nitrogens with zero attached hydrogens (tertiary/aromatic N) is 2. The summed E-state index contributed by atoms with van der Waals surface area (Å²) in [5, 5.41) is 11.0. The Balaban J connectivity index is 2.54. The number of aromatic nitrogens is 1. The van der Waals surface area contributed by atoms with Crippen molar-refractivity contribution in [2.75, 3.05) is 5.73 Å². The zero-order chi connectivity index (χ0) is 13.1. The lowest BCUT2D eigenvalue weighted by atomic mass is 9.99. The fourth-order valence-corrected chi connectivity index (χ4v) is 1.65. The first kappa shape index (κ1) is 11.8. The molecule has 0 amide bonds. The second-order valence-corrected chi connectivity index (χ2v) is 3.73. The maximum atomic E-state index is 11.0. The van der Waals surface area contributed by atoms with E-state index in [4.69, 9.17) is 5.73 Å². The molecular formula is C13H11N3O2. The molecule has 2 aromatic rings. The van der Waals surface area contributed by atoms with Gasteiger partial charge in [0.1, 0.15) is 12.0 Å². The van der Waals surface area contributed by atoms with E-state index in [1.807, 2.05) is 30.3 Å². The van der Waals surface area contributed by atoms with Crippen molar-refractivity contribution in [1.82, 2.24) is 4.98 Å². The Kier molecular flexibility index (Phi) is 3.05. The van der Waals surface area contributed by atoms with Crippen molar-refractivity contribution >= 4 is 17.1 Å². The molecule has 5 heteroatoms. The van der Waals surface area contributed by atoms with Crippen LogP contribution in [0.3, 0.4) is 0 Å². The van der Waals surface area contributed by atoms with Crippen LogP contribution in [0, 0.1) is 10.1 Å². The topological polar surface area (TPSA) is 82.0 Å². The van der Waals surface area contributed by atoms with E-state index in [0.29, 0.717) is 11.1 Å². The van der Waals surface area contributed by atoms with Crippen molar-refractivity contribution in [2.24, 2.45) is 0 Å². The van der Waals surface area contributed by atoms with E-state index in [9.17, 15) is 10.1 Å². The van der Waals surface area contributed by atoms with Crippen LogP contribution >= 0.6 is 0 Å². The predicted molar refractivity (Wildman–Crippen MR) is 69.9 cm³/mol. The van der Waals surface area contributed by atoms with Crippen LogP contribution in [0.25, 0.3) is 5.57 Å². The summed E-state index contributed by atoms with van der Waals surface area (Å²) in [5.41, 5.74) is 7.22. The molecule has 1 aromatic carbocycles. The molecule has 0 aliphatic rings. The first-order valence-corrected chi connectivity index (χ1v) is 5.24. The first-order valence-electron chi connectivity index (χ1n) is 5.24. The molecular weight excluding hydrogens is 230 g/mol. The van der Waals surface area contributed by atoms with E-state index in [1.54, 1.807) is 0 Å². The summed E-state index contributed by atoms with van der Waals surface area (Å²) >= 11 is 0. The lowest BCUT2D eigenvalue weighted by molar-refractivity contribution is -0.385. The van der Waals surface area contributed by atoms with Crippen molar-refractivity contribution in [3.63, 3.8) is 0 Å². The summed E-state index contributed by atoms with van der Waals surface area (Å²) in [7, 11) is 0. The molecule has 0 bridgehead atoms. The predicted octanol–water partition coefficient (Wildman–Crippen LogP) is 2.63. The Bertz CT molecular complexity index is 609. The van der Waals surface area contributed by atoms with Gasteiger partial charge in [0.25, 0.3) is 5.69 Å². The average molecular weight is 241 g/mol. The zero-order valence-corrected chi connectivity index (χ0v) is 9.54. The number of pyridine rings is 1. The van der Waals surface area contributed by atoms with Crippen LogP contribution in [0.5, 0.6) is 0 Å². The van der Waals surface area contributed by atoms with Gasteiger partial charge in [-0.3, -0.25) is 10.1 Å². The summed E-state index contributed by atoms with van der Waals surface area (Å²) in [6.07, 6.45) is 1.15. The molecule has 0 aliphatic heterocycles. The molecule has 18 heavy (non-hydrogen) atoms. The largest absolute Gasteiger partial charge is 0.384 e. The minimum atomic E-state index is -0.490. The third kappa shape index (κ3) is 2.20. The van der Waals surface area contributed by atoms with Gasteiger partial charge in [-0.15, -0.1) is 0 Å². The van der Waals surface area contributed by atoms with Gasteiger partial charge >= 0.3 is 0 Å². The molecule has 0 radical (unpaired) electrons. The van der Waals surface area contributed by atoms with E-state index in [0.717, 1.165) is 11.8 Å². The van der Waals surface area contributed by atoms with Gasteiger partial charge in [-0.2, -0.15) is 0 Å². The highest BCUT2D eigenvalue weighted by Crippen LogP contribution is 2.29. The standard InChI is InChI=1S/C13H11N3O2/c1-9(10-5-3-2-4-6-10)11-7-13(14)15-8-12(11)16(17)18/h2-8H,1H2,(H2,14,15). The highest BCUT2D eigenvalue weighted by molar-refractivity contribution is 5.83. The summed E-state index contributed by atoms with van der Waals surface area (Å²) in [4.78, 5) is 14.2. The summed E-state index contributed by atoms with van der Waals surface area (Å²) in [6.45, 7) is 3.89. The van der Waals surface area contributed by atoms with Crippen LogP contribution < -0.4 is 5.73 Å². The Hall–Kier alpha value is -2.69. The number of nitrogen functional groups attached to an aromatic ring is 1. The Labute approximate surface area is 104 Å². The monoisotopic (exact) mass is 241 g/mol. The van der Waals surface area contributed by atoms with Crippen molar-refractivity contribution < 1.29 is 4.92 Å². The molecule has 0 aliphatic carbocycles. The van der Waals surface area contributed by atoms with E-state index >= 15 is 0 Å². The molecule has 0 saturated heterocycles. The smallest absolute Gasteiger partial charge is 0.295 e. The van der Waals surface area contributed by atoms with Gasteiger partial charge in [-0.25, -0.2) is 4.98 Å². The molecule has 1 heterocycles. The molecule has 90 valence electrons. The number of rotatable bonds is 3. The van der Waals surface area contributed by atoms with Crippen LogP contribution in [0.15, 0.2) is 49.2 Å². The Morgan fingerprint density at radius 1 is 1.33 bits per heavy atom. The minimum Gasteiger partial charge on any atom is -0.384 e. The van der Waals surface area contributed by atoms with Gasteiger partial charge in [0.05, 0.1) is 10.5 Å². The van der Waals surface area contributed by atoms with Crippen molar-refractivity contribution in [1.29, 1.82) is 0 Å². The van der Waals surface area contributed by atoms with E-state index in [1.165, 1.54) is 6.07 Å². The Morgan fingerprint density at radius 3 is 2.61 bits per heavy atom. The van der Waals surface area contributed by atoms with E-state index in [2.05, 4.69) is 11.6 Å². The minimum absolute atomic E-state index is 0.0990.